The van der Waals surface area contributed by atoms with E-state index >= 15 is 0 Å². The van der Waals surface area contributed by atoms with Gasteiger partial charge < -0.3 is 14.6 Å². The normalized spacial score (nSPS) is 19.8. The minimum Gasteiger partial charge on any atom is -0.394 e. The summed E-state index contributed by atoms with van der Waals surface area (Å²) in [4.78, 5) is 0. The zero-order valence-electron chi connectivity index (χ0n) is 11.6. The highest BCUT2D eigenvalue weighted by atomic mass is 16.5. The quantitative estimate of drug-likeness (QED) is 0.700. The van der Waals surface area contributed by atoms with Crippen LogP contribution in [-0.4, -0.2) is 37.1 Å². The summed E-state index contributed by atoms with van der Waals surface area (Å²) < 4.78 is 11.3. The van der Waals surface area contributed by atoms with Gasteiger partial charge in [-0.25, -0.2) is 0 Å². The molecule has 1 aliphatic rings. The number of aliphatic hydroxyl groups excluding tert-OH is 1. The molecule has 1 fully saturated rings. The van der Waals surface area contributed by atoms with E-state index in [0.717, 1.165) is 6.42 Å². The fourth-order valence-electron chi connectivity index (χ4n) is 2.84. The van der Waals surface area contributed by atoms with Gasteiger partial charge >= 0.3 is 0 Å². The third kappa shape index (κ3) is 5.84. The van der Waals surface area contributed by atoms with Gasteiger partial charge in [-0.1, -0.05) is 33.6 Å². The van der Waals surface area contributed by atoms with Crippen molar-refractivity contribution in [3.8, 4) is 0 Å². The molecule has 0 aromatic heterocycles. The van der Waals surface area contributed by atoms with Gasteiger partial charge in [0.2, 0.25) is 0 Å². The Labute approximate surface area is 105 Å². The maximum atomic E-state index is 8.61. The lowest BCUT2D eigenvalue weighted by Gasteiger charge is -2.35. The van der Waals surface area contributed by atoms with E-state index in [-0.39, 0.29) is 12.2 Å². The van der Waals surface area contributed by atoms with Crippen LogP contribution in [0.15, 0.2) is 0 Å². The van der Waals surface area contributed by atoms with Crippen LogP contribution in [0.5, 0.6) is 0 Å². The van der Waals surface area contributed by atoms with Crippen LogP contribution in [0, 0.1) is 5.41 Å². The van der Waals surface area contributed by atoms with Gasteiger partial charge in [0.05, 0.1) is 32.0 Å². The van der Waals surface area contributed by atoms with Crippen LogP contribution in [0.4, 0.5) is 0 Å². The molecule has 0 aromatic rings. The summed E-state index contributed by atoms with van der Waals surface area (Å²) in [5, 5.41) is 8.61. The van der Waals surface area contributed by atoms with Crippen molar-refractivity contribution in [3.63, 3.8) is 0 Å². The minimum absolute atomic E-state index is 0.0842. The molecule has 1 rings (SSSR count). The zero-order chi connectivity index (χ0) is 12.8. The molecule has 0 atom stereocenters. The molecule has 3 heteroatoms. The Morgan fingerprint density at radius 2 is 1.71 bits per heavy atom. The fraction of sp³-hybridized carbons (Fsp3) is 1.00. The van der Waals surface area contributed by atoms with E-state index in [4.69, 9.17) is 14.6 Å². The molecule has 0 unspecified atom stereocenters. The Morgan fingerprint density at radius 3 is 2.24 bits per heavy atom. The standard InChI is InChI=1S/C14H28O3/c1-13(2,3)12-14(6-4-5-7-14)17-11-10-16-9-8-15/h15H,4-12H2,1-3H3. The lowest BCUT2D eigenvalue weighted by Crippen LogP contribution is -2.35. The van der Waals surface area contributed by atoms with E-state index in [1.807, 2.05) is 0 Å². The lowest BCUT2D eigenvalue weighted by molar-refractivity contribution is -0.0850. The summed E-state index contributed by atoms with van der Waals surface area (Å²) in [6.07, 6.45) is 6.07. The van der Waals surface area contributed by atoms with Gasteiger partial charge in [-0.15, -0.1) is 0 Å². The van der Waals surface area contributed by atoms with E-state index in [9.17, 15) is 0 Å². The Balaban J connectivity index is 2.32. The van der Waals surface area contributed by atoms with E-state index in [1.54, 1.807) is 0 Å². The first-order chi connectivity index (χ1) is 7.97. The van der Waals surface area contributed by atoms with E-state index in [0.29, 0.717) is 25.2 Å². The van der Waals surface area contributed by atoms with Crippen LogP contribution in [0.2, 0.25) is 0 Å². The maximum Gasteiger partial charge on any atom is 0.0708 e. The predicted molar refractivity (Wildman–Crippen MR) is 69.1 cm³/mol. The van der Waals surface area contributed by atoms with Crippen LogP contribution < -0.4 is 0 Å². The Morgan fingerprint density at radius 1 is 1.06 bits per heavy atom. The largest absolute Gasteiger partial charge is 0.394 e. The van der Waals surface area contributed by atoms with E-state index < -0.39 is 0 Å². The second-order valence-electron chi connectivity index (χ2n) is 6.31. The van der Waals surface area contributed by atoms with Crippen LogP contribution in [0.1, 0.15) is 52.9 Å². The first-order valence-corrected chi connectivity index (χ1v) is 6.80. The minimum atomic E-state index is 0.0842. The van der Waals surface area contributed by atoms with Crippen molar-refractivity contribution in [1.82, 2.24) is 0 Å². The second kappa shape index (κ2) is 6.72. The van der Waals surface area contributed by atoms with Crippen molar-refractivity contribution < 1.29 is 14.6 Å². The van der Waals surface area contributed by atoms with Crippen molar-refractivity contribution in [3.05, 3.63) is 0 Å². The number of rotatable bonds is 7. The summed E-state index contributed by atoms with van der Waals surface area (Å²) in [6.45, 7) is 8.57. The summed E-state index contributed by atoms with van der Waals surface area (Å²) in [5.74, 6) is 0. The van der Waals surface area contributed by atoms with Crippen molar-refractivity contribution in [2.45, 2.75) is 58.5 Å². The van der Waals surface area contributed by atoms with Crippen LogP contribution >= 0.6 is 0 Å². The third-order valence-corrected chi connectivity index (χ3v) is 3.24. The summed E-state index contributed by atoms with van der Waals surface area (Å²) in [7, 11) is 0. The molecule has 0 aliphatic heterocycles. The zero-order valence-corrected chi connectivity index (χ0v) is 11.6. The molecule has 0 saturated heterocycles. The van der Waals surface area contributed by atoms with Crippen molar-refractivity contribution in [1.29, 1.82) is 0 Å². The van der Waals surface area contributed by atoms with Crippen molar-refractivity contribution in [2.24, 2.45) is 5.41 Å². The Bertz CT molecular complexity index is 202. The smallest absolute Gasteiger partial charge is 0.0708 e. The SMILES string of the molecule is CC(C)(C)CC1(OCCOCCO)CCCC1. The Kier molecular flexibility index (Phi) is 5.90. The van der Waals surface area contributed by atoms with E-state index in [1.165, 1.54) is 25.7 Å². The van der Waals surface area contributed by atoms with Gasteiger partial charge in [-0.2, -0.15) is 0 Å². The molecule has 1 N–H and O–H groups in total. The number of ether oxygens (including phenoxy) is 2. The van der Waals surface area contributed by atoms with Gasteiger partial charge in [-0.3, -0.25) is 0 Å². The molecular weight excluding hydrogens is 216 g/mol. The average Bonchev–Trinajstić information content (AvgIpc) is 2.64. The highest BCUT2D eigenvalue weighted by Crippen LogP contribution is 2.41. The highest BCUT2D eigenvalue weighted by molar-refractivity contribution is 4.90. The third-order valence-electron chi connectivity index (χ3n) is 3.24. The van der Waals surface area contributed by atoms with E-state index in [2.05, 4.69) is 20.8 Å². The topological polar surface area (TPSA) is 38.7 Å². The molecule has 0 bridgehead atoms. The molecule has 0 radical (unpaired) electrons. The lowest BCUT2D eigenvalue weighted by atomic mass is 9.81. The molecule has 17 heavy (non-hydrogen) atoms. The van der Waals surface area contributed by atoms with Crippen LogP contribution in [0.3, 0.4) is 0 Å². The predicted octanol–water partition coefficient (Wildman–Crippen LogP) is 2.76. The molecule has 0 amide bonds. The molecule has 0 spiro atoms. The van der Waals surface area contributed by atoms with Gasteiger partial charge in [0.15, 0.2) is 0 Å². The fourth-order valence-corrected chi connectivity index (χ4v) is 2.84. The number of aliphatic hydroxyl groups is 1. The molecule has 102 valence electrons. The first-order valence-electron chi connectivity index (χ1n) is 6.80. The molecule has 1 aliphatic carbocycles. The van der Waals surface area contributed by atoms with Gasteiger partial charge in [-0.05, 0) is 24.7 Å². The van der Waals surface area contributed by atoms with Crippen LogP contribution in [0.25, 0.3) is 0 Å². The Hall–Kier alpha value is -0.120. The molecular formula is C14H28O3. The van der Waals surface area contributed by atoms with Gasteiger partial charge in [0.25, 0.3) is 0 Å². The summed E-state index contributed by atoms with van der Waals surface area (Å²) in [5.41, 5.74) is 0.400. The van der Waals surface area contributed by atoms with Gasteiger partial charge in [0, 0.05) is 0 Å². The molecule has 0 heterocycles. The van der Waals surface area contributed by atoms with Gasteiger partial charge in [0.1, 0.15) is 0 Å². The molecule has 1 saturated carbocycles. The maximum absolute atomic E-state index is 8.61. The van der Waals surface area contributed by atoms with Crippen molar-refractivity contribution >= 4 is 0 Å². The summed E-state index contributed by atoms with van der Waals surface area (Å²) >= 11 is 0. The average molecular weight is 244 g/mol. The first kappa shape index (κ1) is 14.9. The number of hydrogen-bond acceptors (Lipinski definition) is 3. The van der Waals surface area contributed by atoms with Crippen LogP contribution in [-0.2, 0) is 9.47 Å². The number of hydrogen-bond donors (Lipinski definition) is 1. The van der Waals surface area contributed by atoms with Crippen molar-refractivity contribution in [2.75, 3.05) is 26.4 Å². The molecule has 3 nitrogen and oxygen atoms in total. The molecule has 0 aromatic carbocycles. The second-order valence-corrected chi connectivity index (χ2v) is 6.31. The monoisotopic (exact) mass is 244 g/mol. The summed E-state index contributed by atoms with van der Waals surface area (Å²) in [6, 6.07) is 0. The highest BCUT2D eigenvalue weighted by Gasteiger charge is 2.38.